The Bertz CT molecular complexity index is 604. The van der Waals surface area contributed by atoms with Crippen LogP contribution in [0.15, 0.2) is 70.5 Å². The minimum absolute atomic E-state index is 0.249. The highest BCUT2D eigenvalue weighted by atomic mass is 35.5. The summed E-state index contributed by atoms with van der Waals surface area (Å²) < 4.78 is 0. The van der Waals surface area contributed by atoms with E-state index in [1.165, 1.54) is 9.79 Å². The van der Waals surface area contributed by atoms with Crippen LogP contribution in [0.3, 0.4) is 0 Å². The molecule has 0 bridgehead atoms. The van der Waals surface area contributed by atoms with Gasteiger partial charge in [-0.15, -0.1) is 46.7 Å². The first kappa shape index (κ1) is 15.3. The molecule has 2 aromatic rings. The van der Waals surface area contributed by atoms with E-state index in [0.717, 1.165) is 12.8 Å². The van der Waals surface area contributed by atoms with E-state index in [9.17, 15) is 0 Å². The standard InChI is InChI=1S/C18H16Cl2S2/c19-17(11-15(17)21-13-7-3-1-4-8-13)18(20)12-16(18)22-14-9-5-2-6-10-14/h1-10,15-16H,11-12H2. The molecule has 0 N–H and O–H groups in total. The highest BCUT2D eigenvalue weighted by Crippen LogP contribution is 2.72. The third-order valence-corrected chi connectivity index (χ3v) is 9.06. The minimum Gasteiger partial charge on any atom is -0.121 e. The Morgan fingerprint density at radius 1 is 0.682 bits per heavy atom. The van der Waals surface area contributed by atoms with Crippen LogP contribution < -0.4 is 0 Å². The van der Waals surface area contributed by atoms with Crippen molar-refractivity contribution in [3.8, 4) is 0 Å². The predicted octanol–water partition coefficient (Wildman–Crippen LogP) is 6.07. The third kappa shape index (κ3) is 2.69. The average molecular weight is 367 g/mol. The van der Waals surface area contributed by atoms with Crippen LogP contribution >= 0.6 is 46.7 Å². The summed E-state index contributed by atoms with van der Waals surface area (Å²) in [6.45, 7) is 0. The highest BCUT2D eigenvalue weighted by molar-refractivity contribution is 8.01. The maximum Gasteiger partial charge on any atom is 0.0782 e. The van der Waals surface area contributed by atoms with Gasteiger partial charge in [-0.2, -0.15) is 0 Å². The van der Waals surface area contributed by atoms with E-state index in [0.29, 0.717) is 10.5 Å². The molecule has 0 radical (unpaired) electrons. The minimum atomic E-state index is -0.249. The predicted molar refractivity (Wildman–Crippen MR) is 98.6 cm³/mol. The SMILES string of the molecule is ClC1(C2(Cl)CC2Sc2ccccc2)CC1Sc1ccccc1. The molecule has 0 aromatic heterocycles. The van der Waals surface area contributed by atoms with Crippen molar-refractivity contribution in [3.63, 3.8) is 0 Å². The van der Waals surface area contributed by atoms with Crippen LogP contribution in [0.2, 0.25) is 0 Å². The van der Waals surface area contributed by atoms with Crippen molar-refractivity contribution in [1.29, 1.82) is 0 Å². The van der Waals surface area contributed by atoms with Crippen molar-refractivity contribution in [3.05, 3.63) is 60.7 Å². The molecular weight excluding hydrogens is 351 g/mol. The number of benzene rings is 2. The van der Waals surface area contributed by atoms with Crippen molar-refractivity contribution in [2.75, 3.05) is 0 Å². The van der Waals surface area contributed by atoms with Crippen LogP contribution in [0.1, 0.15) is 12.8 Å². The van der Waals surface area contributed by atoms with Crippen LogP contribution in [0.5, 0.6) is 0 Å². The van der Waals surface area contributed by atoms with Gasteiger partial charge in [-0.05, 0) is 37.1 Å². The van der Waals surface area contributed by atoms with Crippen molar-refractivity contribution in [2.24, 2.45) is 0 Å². The molecule has 2 aliphatic carbocycles. The van der Waals surface area contributed by atoms with Gasteiger partial charge in [-0.3, -0.25) is 0 Å². The van der Waals surface area contributed by atoms with Crippen molar-refractivity contribution < 1.29 is 0 Å². The van der Waals surface area contributed by atoms with Gasteiger partial charge in [0.05, 0.1) is 9.75 Å². The Labute approximate surface area is 150 Å². The van der Waals surface area contributed by atoms with E-state index < -0.39 is 0 Å². The van der Waals surface area contributed by atoms with Gasteiger partial charge in [0.25, 0.3) is 0 Å². The highest BCUT2D eigenvalue weighted by Gasteiger charge is 2.75. The molecule has 114 valence electrons. The van der Waals surface area contributed by atoms with Crippen molar-refractivity contribution in [2.45, 2.75) is 42.9 Å². The zero-order valence-electron chi connectivity index (χ0n) is 11.9. The molecule has 2 saturated carbocycles. The molecule has 4 atom stereocenters. The van der Waals surface area contributed by atoms with Crippen molar-refractivity contribution in [1.82, 2.24) is 0 Å². The Hall–Kier alpha value is -0.280. The van der Waals surface area contributed by atoms with Crippen LogP contribution in [0.25, 0.3) is 0 Å². The number of thioether (sulfide) groups is 2. The smallest absolute Gasteiger partial charge is 0.0782 e. The molecule has 4 unspecified atom stereocenters. The second-order valence-electron chi connectivity index (χ2n) is 5.97. The Morgan fingerprint density at radius 2 is 1.05 bits per heavy atom. The summed E-state index contributed by atoms with van der Waals surface area (Å²) in [6, 6.07) is 20.9. The van der Waals surface area contributed by atoms with E-state index in [4.69, 9.17) is 23.2 Å². The Kier molecular flexibility index (Phi) is 3.93. The zero-order chi connectivity index (χ0) is 15.2. The van der Waals surface area contributed by atoms with Crippen LogP contribution in [0, 0.1) is 0 Å². The first-order valence-electron chi connectivity index (χ1n) is 7.43. The molecule has 2 aliphatic rings. The third-order valence-electron chi connectivity index (χ3n) is 4.40. The number of alkyl halides is 2. The molecule has 4 heteroatoms. The van der Waals surface area contributed by atoms with Crippen LogP contribution in [-0.4, -0.2) is 20.2 Å². The lowest BCUT2D eigenvalue weighted by molar-refractivity contribution is 0.802. The Morgan fingerprint density at radius 3 is 1.41 bits per heavy atom. The van der Waals surface area contributed by atoms with Gasteiger partial charge in [0.2, 0.25) is 0 Å². The monoisotopic (exact) mass is 366 g/mol. The molecule has 22 heavy (non-hydrogen) atoms. The van der Waals surface area contributed by atoms with Gasteiger partial charge in [-0.25, -0.2) is 0 Å². The number of hydrogen-bond acceptors (Lipinski definition) is 2. The average Bonchev–Trinajstić information content (AvgIpc) is 3.40. The summed E-state index contributed by atoms with van der Waals surface area (Å²) in [7, 11) is 0. The fraction of sp³-hybridized carbons (Fsp3) is 0.333. The van der Waals surface area contributed by atoms with E-state index in [-0.39, 0.29) is 9.75 Å². The normalized spacial score (nSPS) is 36.1. The zero-order valence-corrected chi connectivity index (χ0v) is 15.1. The first-order valence-corrected chi connectivity index (χ1v) is 9.95. The largest absolute Gasteiger partial charge is 0.121 e. The topological polar surface area (TPSA) is 0 Å². The van der Waals surface area contributed by atoms with Gasteiger partial charge in [0.1, 0.15) is 0 Å². The summed E-state index contributed by atoms with van der Waals surface area (Å²) in [6.07, 6.45) is 2.01. The molecule has 0 saturated heterocycles. The summed E-state index contributed by atoms with van der Waals surface area (Å²) in [5.74, 6) is 0. The fourth-order valence-corrected chi connectivity index (χ4v) is 6.97. The second-order valence-corrected chi connectivity index (χ2v) is 9.87. The lowest BCUT2D eigenvalue weighted by Gasteiger charge is -2.17. The maximum absolute atomic E-state index is 6.89. The van der Waals surface area contributed by atoms with Gasteiger partial charge in [0.15, 0.2) is 0 Å². The quantitative estimate of drug-likeness (QED) is 0.588. The first-order chi connectivity index (χ1) is 10.6. The number of hydrogen-bond donors (Lipinski definition) is 0. The van der Waals surface area contributed by atoms with E-state index >= 15 is 0 Å². The van der Waals surface area contributed by atoms with Gasteiger partial charge in [-0.1, -0.05) is 36.4 Å². The number of halogens is 2. The maximum atomic E-state index is 6.89. The molecule has 2 fully saturated rings. The summed E-state index contributed by atoms with van der Waals surface area (Å²) in [5.41, 5.74) is 0. The second kappa shape index (κ2) is 5.66. The van der Waals surface area contributed by atoms with Crippen molar-refractivity contribution >= 4 is 46.7 Å². The summed E-state index contributed by atoms with van der Waals surface area (Å²) in [4.78, 5) is 2.06. The fourth-order valence-electron chi connectivity index (χ4n) is 2.89. The van der Waals surface area contributed by atoms with E-state index in [2.05, 4.69) is 48.5 Å². The molecule has 0 aliphatic heterocycles. The van der Waals surface area contributed by atoms with Crippen LogP contribution in [0.4, 0.5) is 0 Å². The summed E-state index contributed by atoms with van der Waals surface area (Å²) in [5, 5.41) is 0.853. The van der Waals surface area contributed by atoms with Gasteiger partial charge >= 0.3 is 0 Å². The molecule has 0 nitrogen and oxygen atoms in total. The van der Waals surface area contributed by atoms with Crippen LogP contribution in [-0.2, 0) is 0 Å². The lowest BCUT2D eigenvalue weighted by atomic mass is 10.2. The number of rotatable bonds is 5. The molecule has 0 amide bonds. The lowest BCUT2D eigenvalue weighted by Crippen LogP contribution is -2.25. The molecule has 2 aromatic carbocycles. The Balaban J connectivity index is 1.41. The molecular formula is C18H16Cl2S2. The van der Waals surface area contributed by atoms with E-state index in [1.54, 1.807) is 0 Å². The molecule has 0 spiro atoms. The molecule has 4 rings (SSSR count). The van der Waals surface area contributed by atoms with E-state index in [1.807, 2.05) is 35.7 Å². The van der Waals surface area contributed by atoms with Gasteiger partial charge in [0, 0.05) is 20.3 Å². The summed E-state index contributed by atoms with van der Waals surface area (Å²) >= 11 is 17.5. The molecule has 0 heterocycles. The van der Waals surface area contributed by atoms with Gasteiger partial charge < -0.3 is 0 Å².